The monoisotopic (exact) mass is 633 g/mol. The summed E-state index contributed by atoms with van der Waals surface area (Å²) in [6.07, 6.45) is 1.58. The van der Waals surface area contributed by atoms with Crippen LogP contribution in [-0.4, -0.2) is 46.6 Å². The number of aliphatic hydroxyl groups excluding tert-OH is 1. The summed E-state index contributed by atoms with van der Waals surface area (Å²) < 4.78 is 8.87. The molecule has 3 heterocycles. The first-order valence-corrected chi connectivity index (χ1v) is 17.6. The van der Waals surface area contributed by atoms with Crippen LogP contribution in [0.15, 0.2) is 82.2 Å². The average Bonchev–Trinajstić information content (AvgIpc) is 3.36. The van der Waals surface area contributed by atoms with Crippen LogP contribution in [0.25, 0.3) is 16.5 Å². The zero-order valence-electron chi connectivity index (χ0n) is 23.1. The quantitative estimate of drug-likeness (QED) is 0.293. The number of aromatic nitrogens is 2. The number of hydrogen-bond acceptors (Lipinski definition) is 6. The van der Waals surface area contributed by atoms with Crippen molar-refractivity contribution in [3.8, 4) is 5.69 Å². The molecule has 0 saturated carbocycles. The molecular formula is C31H32BrN3O5Si. The van der Waals surface area contributed by atoms with Gasteiger partial charge in [-0.2, -0.15) is 9.78 Å². The van der Waals surface area contributed by atoms with Crippen LogP contribution in [0.4, 0.5) is 5.69 Å². The van der Waals surface area contributed by atoms with Crippen LogP contribution < -0.4 is 10.5 Å². The molecule has 0 radical (unpaired) electrons. The van der Waals surface area contributed by atoms with Crippen LogP contribution in [0.1, 0.15) is 24.5 Å². The molecule has 3 aromatic carbocycles. The maximum atomic E-state index is 14.5. The van der Waals surface area contributed by atoms with Crippen LogP contribution in [0.5, 0.6) is 0 Å². The Hall–Kier alpha value is -3.15. The molecule has 4 atom stereocenters. The summed E-state index contributed by atoms with van der Waals surface area (Å²) in [5, 5.41) is 15.6. The van der Waals surface area contributed by atoms with Crippen molar-refractivity contribution in [2.75, 3.05) is 11.5 Å². The summed E-state index contributed by atoms with van der Waals surface area (Å²) in [6.45, 7) is 5.89. The van der Waals surface area contributed by atoms with Crippen LogP contribution in [-0.2, 0) is 21.7 Å². The highest BCUT2D eigenvalue weighted by atomic mass is 79.9. The number of ether oxygens (including phenoxy) is 1. The predicted octanol–water partition coefficient (Wildman–Crippen LogP) is 4.88. The van der Waals surface area contributed by atoms with Gasteiger partial charge in [0.25, 0.3) is 11.5 Å². The van der Waals surface area contributed by atoms with Gasteiger partial charge in [0.2, 0.25) is 0 Å². The zero-order valence-corrected chi connectivity index (χ0v) is 25.7. The molecule has 0 unspecified atom stereocenters. The van der Waals surface area contributed by atoms with Gasteiger partial charge >= 0.3 is 0 Å². The van der Waals surface area contributed by atoms with Gasteiger partial charge in [-0.25, -0.2) is 0 Å². The number of anilines is 1. The molecule has 212 valence electrons. The summed E-state index contributed by atoms with van der Waals surface area (Å²) in [4.78, 5) is 40.7. The number of nitrogens with zero attached hydrogens (tertiary/aromatic N) is 3. The van der Waals surface area contributed by atoms with E-state index < -0.39 is 20.0 Å². The van der Waals surface area contributed by atoms with Crippen molar-refractivity contribution in [1.29, 1.82) is 0 Å². The normalized spacial score (nSPS) is 24.0. The molecule has 2 aliphatic heterocycles. The first kappa shape index (κ1) is 28.0. The van der Waals surface area contributed by atoms with Gasteiger partial charge in [-0.3, -0.25) is 9.59 Å². The van der Waals surface area contributed by atoms with Gasteiger partial charge in [0.05, 0.1) is 35.6 Å². The third-order valence-electron chi connectivity index (χ3n) is 8.55. The van der Waals surface area contributed by atoms with Crippen molar-refractivity contribution in [1.82, 2.24) is 9.78 Å². The lowest BCUT2D eigenvalue weighted by Crippen LogP contribution is -2.46. The van der Waals surface area contributed by atoms with Crippen LogP contribution in [0.3, 0.4) is 0 Å². The van der Waals surface area contributed by atoms with E-state index in [-0.39, 0.29) is 36.1 Å². The fraction of sp³-hybridized carbons (Fsp3) is 0.323. The fourth-order valence-corrected chi connectivity index (χ4v) is 9.81. The van der Waals surface area contributed by atoms with E-state index in [0.29, 0.717) is 17.5 Å². The number of aliphatic hydroxyl groups is 1. The van der Waals surface area contributed by atoms with Crippen LogP contribution in [0.2, 0.25) is 18.6 Å². The Morgan fingerprint density at radius 3 is 2.61 bits per heavy atom. The molecule has 1 aromatic heterocycles. The number of benzene rings is 3. The Kier molecular flexibility index (Phi) is 7.02. The van der Waals surface area contributed by atoms with E-state index in [1.165, 1.54) is 4.68 Å². The molecule has 10 heteroatoms. The van der Waals surface area contributed by atoms with E-state index >= 15 is 0 Å². The number of rotatable bonds is 6. The van der Waals surface area contributed by atoms with E-state index in [0.717, 1.165) is 26.7 Å². The Morgan fingerprint density at radius 2 is 1.85 bits per heavy atom. The second-order valence-corrected chi connectivity index (χ2v) is 16.4. The standard InChI is InChI=1S/C31H32BrN3O5Si/c1-19-28(41(2,3)39)27(13-14-36)40-31(19)25-16-22(32)11-12-26(25)34(30(31)38)18-20-7-6-9-23(15-20)35-29(37)24-10-5-4-8-21(24)17-33-35/h4-12,15-17,19,27-28,36,39H,13-14,18H2,1-3H3/t19-,27+,28-,31+/m1/s1. The minimum Gasteiger partial charge on any atom is -0.432 e. The molecule has 1 saturated heterocycles. The largest absolute Gasteiger partial charge is 0.432 e. The number of amides is 1. The minimum atomic E-state index is -2.77. The average molecular weight is 635 g/mol. The summed E-state index contributed by atoms with van der Waals surface area (Å²) in [6, 6.07) is 20.6. The Balaban J connectivity index is 1.40. The lowest BCUT2D eigenvalue weighted by molar-refractivity contribution is -0.146. The Labute approximate surface area is 247 Å². The van der Waals surface area contributed by atoms with Gasteiger partial charge in [0.1, 0.15) is 0 Å². The lowest BCUT2D eigenvalue weighted by atomic mass is 9.82. The second-order valence-electron chi connectivity index (χ2n) is 11.5. The zero-order chi connectivity index (χ0) is 29.1. The number of carbonyl (C=O) groups excluding carboxylic acids is 1. The van der Waals surface area contributed by atoms with Gasteiger partial charge in [0, 0.05) is 33.5 Å². The first-order chi connectivity index (χ1) is 19.6. The molecule has 1 fully saturated rings. The van der Waals surface area contributed by atoms with Crippen LogP contribution >= 0.6 is 15.9 Å². The molecular weight excluding hydrogens is 602 g/mol. The topological polar surface area (TPSA) is 105 Å². The van der Waals surface area contributed by atoms with E-state index in [4.69, 9.17) is 4.74 Å². The van der Waals surface area contributed by atoms with E-state index in [1.807, 2.05) is 80.7 Å². The Bertz CT molecular complexity index is 1720. The highest BCUT2D eigenvalue weighted by Gasteiger charge is 2.66. The summed E-state index contributed by atoms with van der Waals surface area (Å²) >= 11 is 3.58. The van der Waals surface area contributed by atoms with E-state index in [1.54, 1.807) is 17.2 Å². The molecule has 0 bridgehead atoms. The van der Waals surface area contributed by atoms with Crippen molar-refractivity contribution in [2.45, 2.75) is 50.2 Å². The summed E-state index contributed by atoms with van der Waals surface area (Å²) in [5.41, 5.74) is 1.22. The second kappa shape index (κ2) is 10.3. The molecule has 0 aliphatic carbocycles. The van der Waals surface area contributed by atoms with Gasteiger partial charge in [-0.1, -0.05) is 53.2 Å². The van der Waals surface area contributed by atoms with Crippen molar-refractivity contribution in [3.63, 3.8) is 0 Å². The van der Waals surface area contributed by atoms with Gasteiger partial charge in [-0.05, 0) is 61.5 Å². The molecule has 8 nitrogen and oxygen atoms in total. The van der Waals surface area contributed by atoms with Gasteiger partial charge < -0.3 is 19.5 Å². The summed E-state index contributed by atoms with van der Waals surface area (Å²) in [5.74, 6) is -0.490. The van der Waals surface area contributed by atoms with Crippen molar-refractivity contribution < 1.29 is 19.4 Å². The van der Waals surface area contributed by atoms with Gasteiger partial charge in [-0.15, -0.1) is 0 Å². The Morgan fingerprint density at radius 1 is 1.07 bits per heavy atom. The SMILES string of the molecule is C[C@@H]1[C@@H]([Si](C)(C)O)[C@H](CCO)O[C@@]12C(=O)N(Cc1cccc(-n3ncc4ccccc4c3=O)c1)c1ccc(Br)cc12. The van der Waals surface area contributed by atoms with Gasteiger partial charge in [0.15, 0.2) is 13.9 Å². The molecule has 1 spiro atoms. The van der Waals surface area contributed by atoms with Crippen molar-refractivity contribution in [3.05, 3.63) is 98.9 Å². The minimum absolute atomic E-state index is 0.0906. The highest BCUT2D eigenvalue weighted by Crippen LogP contribution is 2.60. The predicted molar refractivity (Wildman–Crippen MR) is 164 cm³/mol. The fourth-order valence-electron chi connectivity index (χ4n) is 6.85. The molecule has 4 aromatic rings. The summed E-state index contributed by atoms with van der Waals surface area (Å²) in [7, 11) is -2.77. The maximum absolute atomic E-state index is 14.5. The molecule has 6 rings (SSSR count). The molecule has 1 amide bonds. The number of fused-ring (bicyclic) bond motifs is 3. The number of halogens is 1. The molecule has 41 heavy (non-hydrogen) atoms. The number of hydrogen-bond donors (Lipinski definition) is 2. The molecule has 2 aliphatic rings. The van der Waals surface area contributed by atoms with E-state index in [9.17, 15) is 19.5 Å². The maximum Gasteiger partial charge on any atom is 0.279 e. The lowest BCUT2D eigenvalue weighted by Gasteiger charge is -2.32. The van der Waals surface area contributed by atoms with E-state index in [2.05, 4.69) is 21.0 Å². The third-order valence-corrected chi connectivity index (χ3v) is 11.5. The number of carbonyl (C=O) groups is 1. The first-order valence-electron chi connectivity index (χ1n) is 13.8. The highest BCUT2D eigenvalue weighted by molar-refractivity contribution is 9.10. The van der Waals surface area contributed by atoms with Crippen molar-refractivity contribution in [2.24, 2.45) is 5.92 Å². The van der Waals surface area contributed by atoms with Crippen LogP contribution in [0, 0.1) is 5.92 Å². The smallest absolute Gasteiger partial charge is 0.279 e. The molecule has 2 N–H and O–H groups in total. The van der Waals surface area contributed by atoms with Crippen molar-refractivity contribution >= 4 is 46.6 Å². The third kappa shape index (κ3) is 4.49.